The molecule has 24 heavy (non-hydrogen) atoms. The average molecular weight is 324 g/mol. The Bertz CT molecular complexity index is 724. The van der Waals surface area contributed by atoms with Crippen LogP contribution in [0.3, 0.4) is 0 Å². The summed E-state index contributed by atoms with van der Waals surface area (Å²) in [5.41, 5.74) is 3.01. The highest BCUT2D eigenvalue weighted by Gasteiger charge is 2.54. The fourth-order valence-electron chi connectivity index (χ4n) is 6.65. The van der Waals surface area contributed by atoms with Crippen LogP contribution in [-0.2, 0) is 13.6 Å². The molecular formula is C21H30N3+. The highest BCUT2D eigenvalue weighted by atomic mass is 15.1. The SMILES string of the molecule is C[C@@H]([NH2+]Cc1nc2ccccc2n1C)C12CC3CC(CC(C3)C1)C2. The van der Waals surface area contributed by atoms with E-state index in [1.165, 1.54) is 49.9 Å². The number of imidazole rings is 1. The first kappa shape index (κ1) is 14.9. The minimum absolute atomic E-state index is 0.624. The molecule has 3 nitrogen and oxygen atoms in total. The van der Waals surface area contributed by atoms with Gasteiger partial charge >= 0.3 is 0 Å². The van der Waals surface area contributed by atoms with Gasteiger partial charge in [-0.2, -0.15) is 0 Å². The van der Waals surface area contributed by atoms with Gasteiger partial charge in [-0.3, -0.25) is 0 Å². The molecule has 0 amide bonds. The van der Waals surface area contributed by atoms with Gasteiger partial charge in [-0.1, -0.05) is 12.1 Å². The second-order valence-corrected chi connectivity index (χ2v) is 9.08. The molecule has 4 aliphatic rings. The number of nitrogens with two attached hydrogens (primary N) is 1. The number of quaternary nitrogens is 1. The molecule has 2 aromatic rings. The molecule has 1 atom stereocenters. The average Bonchev–Trinajstić information content (AvgIpc) is 2.88. The number of aromatic nitrogens is 2. The summed E-state index contributed by atoms with van der Waals surface area (Å²) in [6.45, 7) is 3.50. The summed E-state index contributed by atoms with van der Waals surface area (Å²) in [6.07, 6.45) is 9.11. The first-order valence-electron chi connectivity index (χ1n) is 9.87. The van der Waals surface area contributed by atoms with Crippen LogP contribution < -0.4 is 5.32 Å². The van der Waals surface area contributed by atoms with E-state index in [1.54, 1.807) is 0 Å². The predicted octanol–water partition coefficient (Wildman–Crippen LogP) is 3.24. The van der Waals surface area contributed by atoms with E-state index in [1.807, 2.05) is 0 Å². The van der Waals surface area contributed by atoms with Gasteiger partial charge in [0, 0.05) is 12.5 Å². The molecule has 1 heterocycles. The van der Waals surface area contributed by atoms with Crippen LogP contribution in [0.5, 0.6) is 0 Å². The smallest absolute Gasteiger partial charge is 0.165 e. The van der Waals surface area contributed by atoms with Crippen molar-refractivity contribution in [1.82, 2.24) is 9.55 Å². The molecule has 4 aliphatic carbocycles. The molecule has 0 unspecified atom stereocenters. The summed E-state index contributed by atoms with van der Waals surface area (Å²) in [6, 6.07) is 9.22. The molecule has 4 saturated carbocycles. The topological polar surface area (TPSA) is 34.4 Å². The van der Waals surface area contributed by atoms with Gasteiger partial charge in [-0.25, -0.2) is 4.98 Å². The van der Waals surface area contributed by atoms with Gasteiger partial charge in [0.25, 0.3) is 0 Å². The molecule has 1 aromatic carbocycles. The Morgan fingerprint density at radius 2 is 1.75 bits per heavy atom. The molecule has 4 fully saturated rings. The lowest BCUT2D eigenvalue weighted by Crippen LogP contribution is -2.91. The maximum absolute atomic E-state index is 4.86. The summed E-state index contributed by atoms with van der Waals surface area (Å²) < 4.78 is 2.28. The van der Waals surface area contributed by atoms with E-state index in [0.29, 0.717) is 5.41 Å². The number of hydrogen-bond donors (Lipinski definition) is 1. The summed E-state index contributed by atoms with van der Waals surface area (Å²) in [4.78, 5) is 4.86. The second-order valence-electron chi connectivity index (χ2n) is 9.08. The summed E-state index contributed by atoms with van der Waals surface area (Å²) >= 11 is 0. The molecule has 1 aromatic heterocycles. The van der Waals surface area contributed by atoms with Gasteiger partial charge in [-0.05, 0) is 75.3 Å². The monoisotopic (exact) mass is 324 g/mol. The molecule has 0 saturated heterocycles. The minimum Gasteiger partial charge on any atom is -0.337 e. The molecule has 0 spiro atoms. The highest BCUT2D eigenvalue weighted by molar-refractivity contribution is 5.75. The Morgan fingerprint density at radius 1 is 1.12 bits per heavy atom. The van der Waals surface area contributed by atoms with Crippen molar-refractivity contribution in [2.24, 2.45) is 30.2 Å². The molecular weight excluding hydrogens is 294 g/mol. The number of benzene rings is 1. The molecule has 3 heteroatoms. The van der Waals surface area contributed by atoms with E-state index in [9.17, 15) is 0 Å². The molecule has 0 radical (unpaired) electrons. The summed E-state index contributed by atoms with van der Waals surface area (Å²) in [5.74, 6) is 4.35. The Hall–Kier alpha value is -1.35. The van der Waals surface area contributed by atoms with Crippen molar-refractivity contribution in [3.8, 4) is 0 Å². The van der Waals surface area contributed by atoms with Crippen molar-refractivity contribution in [2.75, 3.05) is 0 Å². The third kappa shape index (κ3) is 2.24. The minimum atomic E-state index is 0.624. The lowest BCUT2D eigenvalue weighted by Gasteiger charge is -2.57. The zero-order valence-electron chi connectivity index (χ0n) is 15.0. The van der Waals surface area contributed by atoms with E-state index < -0.39 is 0 Å². The number of para-hydroxylation sites is 2. The van der Waals surface area contributed by atoms with Crippen molar-refractivity contribution in [3.63, 3.8) is 0 Å². The highest BCUT2D eigenvalue weighted by Crippen LogP contribution is 2.60. The molecule has 128 valence electrons. The van der Waals surface area contributed by atoms with Gasteiger partial charge in [0.05, 0.1) is 17.1 Å². The summed E-state index contributed by atoms with van der Waals surface area (Å²) in [5, 5.41) is 2.59. The summed E-state index contributed by atoms with van der Waals surface area (Å²) in [7, 11) is 2.16. The fourth-order valence-corrected chi connectivity index (χ4v) is 6.65. The van der Waals surface area contributed by atoms with Crippen LogP contribution in [0, 0.1) is 23.2 Å². The van der Waals surface area contributed by atoms with E-state index in [4.69, 9.17) is 4.98 Å². The van der Waals surface area contributed by atoms with Crippen LogP contribution in [0.4, 0.5) is 0 Å². The van der Waals surface area contributed by atoms with Gasteiger partial charge < -0.3 is 9.88 Å². The van der Waals surface area contributed by atoms with Gasteiger partial charge in [0.15, 0.2) is 5.82 Å². The van der Waals surface area contributed by atoms with E-state index in [2.05, 4.69) is 48.1 Å². The normalized spacial score (nSPS) is 35.7. The van der Waals surface area contributed by atoms with Crippen LogP contribution in [0.2, 0.25) is 0 Å². The van der Waals surface area contributed by atoms with Crippen LogP contribution in [0.1, 0.15) is 51.3 Å². The lowest BCUT2D eigenvalue weighted by molar-refractivity contribution is -0.718. The van der Waals surface area contributed by atoms with Crippen molar-refractivity contribution in [1.29, 1.82) is 0 Å². The van der Waals surface area contributed by atoms with Crippen LogP contribution in [-0.4, -0.2) is 15.6 Å². The zero-order valence-corrected chi connectivity index (χ0v) is 15.0. The molecule has 4 bridgehead atoms. The Balaban J connectivity index is 1.33. The number of nitrogens with zero attached hydrogens (tertiary/aromatic N) is 2. The molecule has 0 aliphatic heterocycles. The van der Waals surface area contributed by atoms with Crippen molar-refractivity contribution < 1.29 is 5.32 Å². The first-order chi connectivity index (χ1) is 11.6. The van der Waals surface area contributed by atoms with Gasteiger partial charge in [0.2, 0.25) is 0 Å². The second kappa shape index (κ2) is 5.32. The largest absolute Gasteiger partial charge is 0.337 e. The van der Waals surface area contributed by atoms with E-state index in [0.717, 1.165) is 35.9 Å². The number of fused-ring (bicyclic) bond motifs is 1. The van der Waals surface area contributed by atoms with Crippen LogP contribution >= 0.6 is 0 Å². The maximum Gasteiger partial charge on any atom is 0.165 e. The number of hydrogen-bond acceptors (Lipinski definition) is 1. The maximum atomic E-state index is 4.86. The lowest BCUT2D eigenvalue weighted by atomic mass is 9.48. The van der Waals surface area contributed by atoms with Gasteiger partial charge in [-0.15, -0.1) is 0 Å². The van der Waals surface area contributed by atoms with Crippen LogP contribution in [0.25, 0.3) is 11.0 Å². The third-order valence-electron chi connectivity index (χ3n) is 7.59. The zero-order chi connectivity index (χ0) is 16.3. The first-order valence-corrected chi connectivity index (χ1v) is 9.87. The van der Waals surface area contributed by atoms with Crippen molar-refractivity contribution in [2.45, 2.75) is 58.0 Å². The van der Waals surface area contributed by atoms with Crippen LogP contribution in [0.15, 0.2) is 24.3 Å². The van der Waals surface area contributed by atoms with E-state index in [-0.39, 0.29) is 0 Å². The third-order valence-corrected chi connectivity index (χ3v) is 7.59. The number of rotatable bonds is 4. The fraction of sp³-hybridized carbons (Fsp3) is 0.667. The Kier molecular flexibility index (Phi) is 3.31. The Labute approximate surface area is 144 Å². The van der Waals surface area contributed by atoms with Gasteiger partial charge in [0.1, 0.15) is 6.54 Å². The quantitative estimate of drug-likeness (QED) is 0.920. The predicted molar refractivity (Wildman–Crippen MR) is 96.4 cm³/mol. The number of aryl methyl sites for hydroxylation is 1. The standard InChI is InChI=1S/C21H29N3/c1-14(21-10-15-7-16(11-21)9-17(8-15)12-21)22-13-20-23-18-5-3-4-6-19(18)24(20)2/h3-6,14-17,22H,7-13H2,1-2H3/p+1/t14-,15?,16?,17?,21?/m1/s1. The van der Waals surface area contributed by atoms with Crippen molar-refractivity contribution >= 4 is 11.0 Å². The Morgan fingerprint density at radius 3 is 2.38 bits per heavy atom. The molecule has 2 N–H and O–H groups in total. The van der Waals surface area contributed by atoms with Crippen molar-refractivity contribution in [3.05, 3.63) is 30.1 Å². The van der Waals surface area contributed by atoms with E-state index >= 15 is 0 Å². The molecule has 6 rings (SSSR count).